The van der Waals surface area contributed by atoms with E-state index >= 15 is 0 Å². The molecule has 0 aliphatic heterocycles. The number of rotatable bonds is 7. The third-order valence-corrected chi connectivity index (χ3v) is 3.16. The molecule has 2 N–H and O–H groups in total. The number of ether oxygens (including phenoxy) is 1. The van der Waals surface area contributed by atoms with E-state index in [2.05, 4.69) is 23.6 Å². The molecular weight excluding hydrogens is 230 g/mol. The number of hydrogen-bond donors (Lipinski definition) is 1. The van der Waals surface area contributed by atoms with E-state index in [0.29, 0.717) is 5.82 Å². The number of imidazole rings is 1. The van der Waals surface area contributed by atoms with Crippen molar-refractivity contribution in [1.82, 2.24) is 9.55 Å². The number of nitrogen functional groups attached to an aromatic ring is 1. The Morgan fingerprint density at radius 1 is 1.50 bits per heavy atom. The van der Waals surface area contributed by atoms with Crippen molar-refractivity contribution in [3.05, 3.63) is 12.0 Å². The molecule has 1 rings (SSSR count). The van der Waals surface area contributed by atoms with Crippen LogP contribution in [-0.2, 0) is 4.74 Å². The standard InChI is InChI=1S/C13H23N3O2/c1-4-5-6-7-8-10(2)16-9-15-11(12(16)14)13(17)18-3/h9-10H,4-8,14H2,1-3H3. The lowest BCUT2D eigenvalue weighted by molar-refractivity contribution is 0.0596. The van der Waals surface area contributed by atoms with Gasteiger partial charge in [0.05, 0.1) is 13.4 Å². The summed E-state index contributed by atoms with van der Waals surface area (Å²) in [5.41, 5.74) is 6.12. The van der Waals surface area contributed by atoms with Crippen LogP contribution in [0.2, 0.25) is 0 Å². The van der Waals surface area contributed by atoms with E-state index in [0.717, 1.165) is 6.42 Å². The van der Waals surface area contributed by atoms with E-state index in [-0.39, 0.29) is 11.7 Å². The second kappa shape index (κ2) is 7.03. The summed E-state index contributed by atoms with van der Waals surface area (Å²) < 4.78 is 6.47. The van der Waals surface area contributed by atoms with Crippen molar-refractivity contribution in [1.29, 1.82) is 0 Å². The fraction of sp³-hybridized carbons (Fsp3) is 0.692. The van der Waals surface area contributed by atoms with Crippen LogP contribution >= 0.6 is 0 Å². The minimum absolute atomic E-state index is 0.206. The molecule has 0 fully saturated rings. The predicted octanol–water partition coefficient (Wildman–Crippen LogP) is 2.78. The molecule has 102 valence electrons. The molecule has 0 aliphatic rings. The summed E-state index contributed by atoms with van der Waals surface area (Å²) in [7, 11) is 1.33. The SMILES string of the molecule is CCCCCCC(C)n1cnc(C(=O)OC)c1N. The van der Waals surface area contributed by atoms with Gasteiger partial charge < -0.3 is 15.0 Å². The summed E-state index contributed by atoms with van der Waals surface area (Å²) in [6, 6.07) is 0.257. The number of nitrogens with zero attached hydrogens (tertiary/aromatic N) is 2. The zero-order valence-corrected chi connectivity index (χ0v) is 11.5. The monoisotopic (exact) mass is 253 g/mol. The average molecular weight is 253 g/mol. The van der Waals surface area contributed by atoms with Crippen LogP contribution in [0.4, 0.5) is 5.82 Å². The Bertz CT molecular complexity index is 388. The smallest absolute Gasteiger partial charge is 0.360 e. The first-order chi connectivity index (χ1) is 8.61. The highest BCUT2D eigenvalue weighted by Crippen LogP contribution is 2.21. The van der Waals surface area contributed by atoms with Crippen molar-refractivity contribution in [3.8, 4) is 0 Å². The van der Waals surface area contributed by atoms with Crippen LogP contribution in [0.25, 0.3) is 0 Å². The first-order valence-corrected chi connectivity index (χ1v) is 6.52. The van der Waals surface area contributed by atoms with Crippen molar-refractivity contribution in [2.24, 2.45) is 0 Å². The zero-order chi connectivity index (χ0) is 13.5. The van der Waals surface area contributed by atoms with Gasteiger partial charge in [0.1, 0.15) is 5.82 Å². The van der Waals surface area contributed by atoms with Crippen LogP contribution in [0, 0.1) is 0 Å². The van der Waals surface area contributed by atoms with Gasteiger partial charge in [0.2, 0.25) is 0 Å². The molecule has 0 aliphatic carbocycles. The normalized spacial score (nSPS) is 12.4. The number of unbranched alkanes of at least 4 members (excludes halogenated alkanes) is 3. The minimum Gasteiger partial charge on any atom is -0.464 e. The molecule has 0 bridgehead atoms. The number of hydrogen-bond acceptors (Lipinski definition) is 4. The lowest BCUT2D eigenvalue weighted by Crippen LogP contribution is -2.11. The number of esters is 1. The van der Waals surface area contributed by atoms with Gasteiger partial charge in [-0.2, -0.15) is 0 Å². The first kappa shape index (κ1) is 14.5. The van der Waals surface area contributed by atoms with Crippen molar-refractivity contribution in [2.75, 3.05) is 12.8 Å². The van der Waals surface area contributed by atoms with Crippen LogP contribution < -0.4 is 5.73 Å². The maximum absolute atomic E-state index is 11.4. The Kier molecular flexibility index (Phi) is 5.68. The molecule has 1 atom stereocenters. The van der Waals surface area contributed by atoms with Crippen LogP contribution in [0.15, 0.2) is 6.33 Å². The van der Waals surface area contributed by atoms with Crippen LogP contribution in [-0.4, -0.2) is 22.6 Å². The molecule has 0 radical (unpaired) electrons. The molecule has 0 aromatic carbocycles. The first-order valence-electron chi connectivity index (χ1n) is 6.52. The van der Waals surface area contributed by atoms with E-state index in [4.69, 9.17) is 5.73 Å². The molecule has 1 heterocycles. The van der Waals surface area contributed by atoms with Gasteiger partial charge in [-0.05, 0) is 13.3 Å². The Labute approximate surface area is 108 Å². The maximum Gasteiger partial charge on any atom is 0.360 e. The van der Waals surface area contributed by atoms with Gasteiger partial charge >= 0.3 is 5.97 Å². The van der Waals surface area contributed by atoms with Crippen molar-refractivity contribution in [2.45, 2.75) is 52.0 Å². The highest BCUT2D eigenvalue weighted by atomic mass is 16.5. The molecule has 1 aromatic heterocycles. The van der Waals surface area contributed by atoms with Gasteiger partial charge in [-0.1, -0.05) is 32.6 Å². The van der Waals surface area contributed by atoms with Gasteiger partial charge in [-0.3, -0.25) is 0 Å². The summed E-state index contributed by atoms with van der Waals surface area (Å²) in [6.07, 6.45) is 7.56. The Hall–Kier alpha value is -1.52. The lowest BCUT2D eigenvalue weighted by Gasteiger charge is -2.14. The Morgan fingerprint density at radius 3 is 2.83 bits per heavy atom. The van der Waals surface area contributed by atoms with E-state index in [9.17, 15) is 4.79 Å². The number of aromatic nitrogens is 2. The summed E-state index contributed by atoms with van der Waals surface area (Å²) in [5.74, 6) is -0.0886. The van der Waals surface area contributed by atoms with E-state index in [1.807, 2.05) is 4.57 Å². The highest BCUT2D eigenvalue weighted by molar-refractivity contribution is 5.92. The fourth-order valence-electron chi connectivity index (χ4n) is 1.98. The lowest BCUT2D eigenvalue weighted by atomic mass is 10.1. The van der Waals surface area contributed by atoms with Crippen LogP contribution in [0.5, 0.6) is 0 Å². The largest absolute Gasteiger partial charge is 0.464 e. The number of anilines is 1. The predicted molar refractivity (Wildman–Crippen MR) is 71.4 cm³/mol. The molecular formula is C13H23N3O2. The van der Waals surface area contributed by atoms with Gasteiger partial charge in [0.15, 0.2) is 5.69 Å². The van der Waals surface area contributed by atoms with Crippen molar-refractivity contribution in [3.63, 3.8) is 0 Å². The highest BCUT2D eigenvalue weighted by Gasteiger charge is 2.18. The number of carbonyl (C=O) groups is 1. The molecule has 1 unspecified atom stereocenters. The van der Waals surface area contributed by atoms with Crippen LogP contribution in [0.3, 0.4) is 0 Å². The van der Waals surface area contributed by atoms with Gasteiger partial charge in [-0.25, -0.2) is 9.78 Å². The summed E-state index contributed by atoms with van der Waals surface area (Å²) in [6.45, 7) is 4.28. The molecule has 1 aromatic rings. The van der Waals surface area contributed by atoms with Crippen molar-refractivity contribution >= 4 is 11.8 Å². The molecule has 0 spiro atoms. The Morgan fingerprint density at radius 2 is 2.22 bits per heavy atom. The number of nitrogens with two attached hydrogens (primary N) is 1. The molecule has 0 saturated heterocycles. The third-order valence-electron chi connectivity index (χ3n) is 3.16. The molecule has 0 saturated carbocycles. The van der Waals surface area contributed by atoms with Gasteiger partial charge in [0, 0.05) is 6.04 Å². The van der Waals surface area contributed by atoms with E-state index < -0.39 is 5.97 Å². The summed E-state index contributed by atoms with van der Waals surface area (Å²) in [5, 5.41) is 0. The number of methoxy groups -OCH3 is 1. The topological polar surface area (TPSA) is 70.1 Å². The van der Waals surface area contributed by atoms with E-state index in [1.165, 1.54) is 32.8 Å². The summed E-state index contributed by atoms with van der Waals surface area (Å²) in [4.78, 5) is 15.4. The quantitative estimate of drug-likeness (QED) is 0.599. The average Bonchev–Trinajstić information content (AvgIpc) is 2.75. The van der Waals surface area contributed by atoms with Gasteiger partial charge in [0.25, 0.3) is 0 Å². The maximum atomic E-state index is 11.4. The Balaban J connectivity index is 2.60. The molecule has 0 amide bonds. The third kappa shape index (κ3) is 3.48. The number of carbonyl (C=O) groups excluding carboxylic acids is 1. The summed E-state index contributed by atoms with van der Waals surface area (Å²) >= 11 is 0. The van der Waals surface area contributed by atoms with Crippen LogP contribution in [0.1, 0.15) is 62.5 Å². The van der Waals surface area contributed by atoms with E-state index in [1.54, 1.807) is 6.33 Å². The van der Waals surface area contributed by atoms with Crippen molar-refractivity contribution < 1.29 is 9.53 Å². The minimum atomic E-state index is -0.482. The zero-order valence-electron chi connectivity index (χ0n) is 11.5. The second-order valence-electron chi connectivity index (χ2n) is 4.58. The second-order valence-corrected chi connectivity index (χ2v) is 4.58. The molecule has 5 heteroatoms. The molecule has 5 nitrogen and oxygen atoms in total. The fourth-order valence-corrected chi connectivity index (χ4v) is 1.98. The van der Waals surface area contributed by atoms with Gasteiger partial charge in [-0.15, -0.1) is 0 Å². The molecule has 18 heavy (non-hydrogen) atoms.